The van der Waals surface area contributed by atoms with Gasteiger partial charge in [0.15, 0.2) is 0 Å². The molecule has 0 aromatic carbocycles. The van der Waals surface area contributed by atoms with Crippen LogP contribution in [0.2, 0.25) is 0 Å². The predicted octanol–water partition coefficient (Wildman–Crippen LogP) is 3.35. The maximum Gasteiger partial charge on any atom is 0.141 e. The molecule has 0 amide bonds. The van der Waals surface area contributed by atoms with Crippen molar-refractivity contribution >= 4 is 0 Å². The first-order chi connectivity index (χ1) is 9.69. The van der Waals surface area contributed by atoms with E-state index in [1.165, 1.54) is 31.5 Å². The summed E-state index contributed by atoms with van der Waals surface area (Å²) in [6.45, 7) is 0.791. The van der Waals surface area contributed by atoms with E-state index >= 15 is 0 Å². The third-order valence-electron chi connectivity index (χ3n) is 4.90. The summed E-state index contributed by atoms with van der Waals surface area (Å²) in [7, 11) is 0. The standard InChI is InChI=1S/C16H23FN2O/c17-13-4-5-14(19-11-13)15(18)12-6-9-20-16(10-12)7-2-1-3-8-16/h4-5,11-12,15H,1-3,6-10,18H2. The van der Waals surface area contributed by atoms with Gasteiger partial charge in [-0.05, 0) is 43.7 Å². The lowest BCUT2D eigenvalue weighted by atomic mass is 9.74. The molecule has 3 rings (SSSR count). The lowest BCUT2D eigenvalue weighted by Gasteiger charge is -2.44. The first-order valence-corrected chi connectivity index (χ1v) is 7.70. The zero-order chi connectivity index (χ0) is 14.0. The fraction of sp³-hybridized carbons (Fsp3) is 0.688. The van der Waals surface area contributed by atoms with Crippen LogP contribution < -0.4 is 5.73 Å². The van der Waals surface area contributed by atoms with Crippen LogP contribution in [0.3, 0.4) is 0 Å². The molecule has 1 saturated carbocycles. The number of pyridine rings is 1. The molecule has 4 heteroatoms. The number of hydrogen-bond acceptors (Lipinski definition) is 3. The second-order valence-electron chi connectivity index (χ2n) is 6.27. The number of hydrogen-bond donors (Lipinski definition) is 1. The number of halogens is 1. The van der Waals surface area contributed by atoms with E-state index < -0.39 is 0 Å². The Bertz CT molecular complexity index is 437. The van der Waals surface area contributed by atoms with Crippen molar-refractivity contribution in [2.75, 3.05) is 6.61 Å². The monoisotopic (exact) mass is 278 g/mol. The van der Waals surface area contributed by atoms with Crippen molar-refractivity contribution in [2.24, 2.45) is 11.7 Å². The molecule has 0 radical (unpaired) electrons. The Balaban J connectivity index is 1.71. The summed E-state index contributed by atoms with van der Waals surface area (Å²) in [4.78, 5) is 4.15. The molecule has 20 heavy (non-hydrogen) atoms. The van der Waals surface area contributed by atoms with Crippen LogP contribution in [-0.2, 0) is 4.74 Å². The highest BCUT2D eigenvalue weighted by molar-refractivity contribution is 5.11. The summed E-state index contributed by atoms with van der Waals surface area (Å²) < 4.78 is 19.1. The van der Waals surface area contributed by atoms with Crippen molar-refractivity contribution in [3.05, 3.63) is 29.8 Å². The van der Waals surface area contributed by atoms with Gasteiger partial charge in [0.2, 0.25) is 0 Å². The Kier molecular flexibility index (Phi) is 4.03. The topological polar surface area (TPSA) is 48.1 Å². The fourth-order valence-corrected chi connectivity index (χ4v) is 3.74. The lowest BCUT2D eigenvalue weighted by Crippen LogP contribution is -2.44. The van der Waals surface area contributed by atoms with Gasteiger partial charge in [0.1, 0.15) is 5.82 Å². The molecular formula is C16H23FN2O. The lowest BCUT2D eigenvalue weighted by molar-refractivity contribution is -0.120. The fourth-order valence-electron chi connectivity index (χ4n) is 3.74. The van der Waals surface area contributed by atoms with Crippen LogP contribution in [-0.4, -0.2) is 17.2 Å². The highest BCUT2D eigenvalue weighted by atomic mass is 19.1. The smallest absolute Gasteiger partial charge is 0.141 e. The Morgan fingerprint density at radius 3 is 2.80 bits per heavy atom. The van der Waals surface area contributed by atoms with Crippen LogP contribution in [0, 0.1) is 11.7 Å². The third-order valence-corrected chi connectivity index (χ3v) is 4.90. The molecule has 3 nitrogen and oxygen atoms in total. The van der Waals surface area contributed by atoms with Crippen molar-refractivity contribution < 1.29 is 9.13 Å². The van der Waals surface area contributed by atoms with E-state index in [0.29, 0.717) is 5.92 Å². The van der Waals surface area contributed by atoms with Crippen LogP contribution in [0.4, 0.5) is 4.39 Å². The van der Waals surface area contributed by atoms with Crippen molar-refractivity contribution in [1.82, 2.24) is 4.98 Å². The Morgan fingerprint density at radius 1 is 1.30 bits per heavy atom. The van der Waals surface area contributed by atoms with Crippen LogP contribution >= 0.6 is 0 Å². The molecular weight excluding hydrogens is 255 g/mol. The summed E-state index contributed by atoms with van der Waals surface area (Å²) in [6, 6.07) is 3.04. The number of aromatic nitrogens is 1. The van der Waals surface area contributed by atoms with Crippen LogP contribution in [0.25, 0.3) is 0 Å². The molecule has 1 saturated heterocycles. The van der Waals surface area contributed by atoms with Crippen molar-refractivity contribution in [2.45, 2.75) is 56.6 Å². The molecule has 110 valence electrons. The van der Waals surface area contributed by atoms with Gasteiger partial charge in [0.05, 0.1) is 23.5 Å². The predicted molar refractivity (Wildman–Crippen MR) is 75.6 cm³/mol. The van der Waals surface area contributed by atoms with Crippen LogP contribution in [0.15, 0.2) is 18.3 Å². The SMILES string of the molecule is NC(c1ccc(F)cn1)C1CCOC2(CCCCC2)C1. The Labute approximate surface area is 119 Å². The second kappa shape index (κ2) is 5.78. The van der Waals surface area contributed by atoms with Gasteiger partial charge in [-0.25, -0.2) is 4.39 Å². The maximum absolute atomic E-state index is 13.0. The van der Waals surface area contributed by atoms with Gasteiger partial charge in [0, 0.05) is 6.61 Å². The summed E-state index contributed by atoms with van der Waals surface area (Å²) in [6.07, 6.45) is 9.41. The first kappa shape index (κ1) is 14.0. The summed E-state index contributed by atoms with van der Waals surface area (Å²) >= 11 is 0. The molecule has 1 aromatic heterocycles. The largest absolute Gasteiger partial charge is 0.375 e. The minimum absolute atomic E-state index is 0.0544. The molecule has 1 aliphatic carbocycles. The van der Waals surface area contributed by atoms with Gasteiger partial charge < -0.3 is 10.5 Å². The molecule has 2 heterocycles. The normalized spacial score (nSPS) is 27.4. The van der Waals surface area contributed by atoms with Gasteiger partial charge in [-0.2, -0.15) is 0 Å². The van der Waals surface area contributed by atoms with Crippen LogP contribution in [0.5, 0.6) is 0 Å². The van der Waals surface area contributed by atoms with Crippen molar-refractivity contribution in [3.63, 3.8) is 0 Å². The molecule has 2 aliphatic rings. The first-order valence-electron chi connectivity index (χ1n) is 7.70. The second-order valence-corrected chi connectivity index (χ2v) is 6.27. The number of ether oxygens (including phenoxy) is 1. The van der Waals surface area contributed by atoms with Gasteiger partial charge in [-0.1, -0.05) is 19.3 Å². The van der Waals surface area contributed by atoms with Gasteiger partial charge in [0.25, 0.3) is 0 Å². The minimum Gasteiger partial charge on any atom is -0.375 e. The van der Waals surface area contributed by atoms with Gasteiger partial charge in [-0.15, -0.1) is 0 Å². The van der Waals surface area contributed by atoms with Crippen LogP contribution in [0.1, 0.15) is 56.7 Å². The molecule has 0 bridgehead atoms. The number of nitrogens with two attached hydrogens (primary N) is 1. The number of nitrogens with zero attached hydrogens (tertiary/aromatic N) is 1. The minimum atomic E-state index is -0.309. The molecule has 2 unspecified atom stereocenters. The third kappa shape index (κ3) is 2.86. The quantitative estimate of drug-likeness (QED) is 0.902. The van der Waals surface area contributed by atoms with E-state index in [-0.39, 0.29) is 17.5 Å². The molecule has 2 N–H and O–H groups in total. The Hall–Kier alpha value is -1.00. The van der Waals surface area contributed by atoms with E-state index in [4.69, 9.17) is 10.5 Å². The number of rotatable bonds is 2. The van der Waals surface area contributed by atoms with E-state index in [1.807, 2.05) is 0 Å². The summed E-state index contributed by atoms with van der Waals surface area (Å²) in [5, 5.41) is 0. The Morgan fingerprint density at radius 2 is 2.10 bits per heavy atom. The van der Waals surface area contributed by atoms with Gasteiger partial charge >= 0.3 is 0 Å². The highest BCUT2D eigenvalue weighted by Gasteiger charge is 2.40. The zero-order valence-corrected chi connectivity index (χ0v) is 11.9. The zero-order valence-electron chi connectivity index (χ0n) is 11.9. The summed E-state index contributed by atoms with van der Waals surface area (Å²) in [5.41, 5.74) is 7.22. The molecule has 1 spiro atoms. The maximum atomic E-state index is 13.0. The average molecular weight is 278 g/mol. The van der Waals surface area contributed by atoms with E-state index in [1.54, 1.807) is 6.07 Å². The summed E-state index contributed by atoms with van der Waals surface area (Å²) in [5.74, 6) is 0.0801. The van der Waals surface area contributed by atoms with Gasteiger partial charge in [-0.3, -0.25) is 4.98 Å². The highest BCUT2D eigenvalue weighted by Crippen LogP contribution is 2.43. The molecule has 1 aromatic rings. The molecule has 2 fully saturated rings. The molecule has 1 aliphatic heterocycles. The van der Waals surface area contributed by atoms with E-state index in [0.717, 1.165) is 38.0 Å². The van der Waals surface area contributed by atoms with E-state index in [2.05, 4.69) is 4.98 Å². The van der Waals surface area contributed by atoms with Crippen molar-refractivity contribution in [3.8, 4) is 0 Å². The average Bonchev–Trinajstić information content (AvgIpc) is 2.48. The molecule has 2 atom stereocenters. The van der Waals surface area contributed by atoms with E-state index in [9.17, 15) is 4.39 Å². The van der Waals surface area contributed by atoms with Crippen molar-refractivity contribution in [1.29, 1.82) is 0 Å².